The fourth-order valence-corrected chi connectivity index (χ4v) is 3.74. The third kappa shape index (κ3) is 5.43. The number of rotatable bonds is 7. The van der Waals surface area contributed by atoms with Gasteiger partial charge in [-0.05, 0) is 36.4 Å². The molecular formula is C21H18FN3O5S. The van der Waals surface area contributed by atoms with Crippen LogP contribution in [-0.4, -0.2) is 25.5 Å². The molecule has 10 heteroatoms. The van der Waals surface area contributed by atoms with Crippen LogP contribution in [0.2, 0.25) is 0 Å². The summed E-state index contributed by atoms with van der Waals surface area (Å²) in [6.07, 6.45) is 1.01. The molecule has 3 aromatic carbocycles. The van der Waals surface area contributed by atoms with E-state index in [0.29, 0.717) is 0 Å². The number of non-ortho nitro benzene ring substituents is 1. The van der Waals surface area contributed by atoms with Gasteiger partial charge in [0.1, 0.15) is 5.82 Å². The number of carbonyl (C=O) groups is 1. The summed E-state index contributed by atoms with van der Waals surface area (Å²) in [5, 5.41) is 13.4. The van der Waals surface area contributed by atoms with Crippen molar-refractivity contribution in [2.24, 2.45) is 0 Å². The number of nitro benzene ring substituents is 1. The molecule has 3 rings (SSSR count). The van der Waals surface area contributed by atoms with Gasteiger partial charge in [0, 0.05) is 28.9 Å². The van der Waals surface area contributed by atoms with Crippen LogP contribution in [0.1, 0.15) is 15.9 Å². The number of sulfonamides is 1. The molecule has 0 aliphatic rings. The van der Waals surface area contributed by atoms with Crippen molar-refractivity contribution < 1.29 is 22.5 Å². The average Bonchev–Trinajstić information content (AvgIpc) is 2.72. The lowest BCUT2D eigenvalue weighted by Crippen LogP contribution is -2.29. The maximum absolute atomic E-state index is 14.0. The quantitative estimate of drug-likeness (QED) is 0.439. The van der Waals surface area contributed by atoms with Crippen LogP contribution >= 0.6 is 0 Å². The first kappa shape index (κ1) is 21.9. The van der Waals surface area contributed by atoms with Crippen molar-refractivity contribution in [1.82, 2.24) is 0 Å². The number of hydrogen-bond donors (Lipinski definition) is 1. The number of nitrogens with zero attached hydrogens (tertiary/aromatic N) is 2. The van der Waals surface area contributed by atoms with Crippen LogP contribution in [0.4, 0.5) is 21.5 Å². The second-order valence-corrected chi connectivity index (χ2v) is 8.58. The first-order chi connectivity index (χ1) is 14.6. The Morgan fingerprint density at radius 3 is 2.35 bits per heavy atom. The Bertz CT molecular complexity index is 1230. The molecule has 0 radical (unpaired) electrons. The zero-order valence-electron chi connectivity index (χ0n) is 16.4. The van der Waals surface area contributed by atoms with Crippen LogP contribution in [0.15, 0.2) is 72.8 Å². The molecule has 1 N–H and O–H groups in total. The Morgan fingerprint density at radius 2 is 1.74 bits per heavy atom. The standard InChI is InChI=1S/C21H18FN3O5S/c1-31(29,30)24(14-16-5-2-3-8-20(16)22)18-11-9-15(10-12-18)21(26)23-17-6-4-7-19(13-17)25(27)28/h2-13H,14H2,1H3,(H,23,26). The number of halogens is 1. The molecule has 0 bridgehead atoms. The van der Waals surface area contributed by atoms with E-state index in [4.69, 9.17) is 0 Å². The van der Waals surface area contributed by atoms with E-state index in [9.17, 15) is 27.7 Å². The zero-order valence-corrected chi connectivity index (χ0v) is 17.2. The number of anilines is 2. The third-order valence-corrected chi connectivity index (χ3v) is 5.55. The van der Waals surface area contributed by atoms with Gasteiger partial charge in [-0.1, -0.05) is 24.3 Å². The molecule has 0 atom stereocenters. The molecule has 0 fully saturated rings. The minimum atomic E-state index is -3.73. The van der Waals surface area contributed by atoms with E-state index in [1.807, 2.05) is 0 Å². The van der Waals surface area contributed by atoms with E-state index in [1.165, 1.54) is 66.7 Å². The van der Waals surface area contributed by atoms with Crippen molar-refractivity contribution in [1.29, 1.82) is 0 Å². The van der Waals surface area contributed by atoms with E-state index in [1.54, 1.807) is 6.07 Å². The van der Waals surface area contributed by atoms with Gasteiger partial charge >= 0.3 is 0 Å². The Kier molecular flexibility index (Phi) is 6.30. The van der Waals surface area contributed by atoms with Gasteiger partial charge in [-0.15, -0.1) is 0 Å². The van der Waals surface area contributed by atoms with Crippen molar-refractivity contribution in [3.8, 4) is 0 Å². The smallest absolute Gasteiger partial charge is 0.271 e. The summed E-state index contributed by atoms with van der Waals surface area (Å²) in [6, 6.07) is 17.1. The van der Waals surface area contributed by atoms with Gasteiger partial charge in [0.05, 0.1) is 23.4 Å². The van der Waals surface area contributed by atoms with E-state index >= 15 is 0 Å². The highest BCUT2D eigenvalue weighted by atomic mass is 32.2. The average molecular weight is 443 g/mol. The van der Waals surface area contributed by atoms with Gasteiger partial charge in [0.25, 0.3) is 11.6 Å². The third-order valence-electron chi connectivity index (χ3n) is 4.40. The molecule has 0 spiro atoms. The van der Waals surface area contributed by atoms with Gasteiger partial charge < -0.3 is 5.32 Å². The minimum Gasteiger partial charge on any atom is -0.322 e. The Labute approximate surface area is 178 Å². The topological polar surface area (TPSA) is 110 Å². The number of benzene rings is 3. The van der Waals surface area contributed by atoms with Crippen molar-refractivity contribution in [2.75, 3.05) is 15.9 Å². The second kappa shape index (κ2) is 8.92. The summed E-state index contributed by atoms with van der Waals surface area (Å²) in [7, 11) is -3.73. The predicted octanol–water partition coefficient (Wildman–Crippen LogP) is 3.95. The summed E-state index contributed by atoms with van der Waals surface area (Å²) >= 11 is 0. The van der Waals surface area contributed by atoms with Crippen LogP contribution < -0.4 is 9.62 Å². The normalized spacial score (nSPS) is 11.0. The zero-order chi connectivity index (χ0) is 22.6. The number of nitrogens with one attached hydrogen (secondary N) is 1. The van der Waals surface area contributed by atoms with Crippen LogP contribution in [-0.2, 0) is 16.6 Å². The number of hydrogen-bond acceptors (Lipinski definition) is 5. The lowest BCUT2D eigenvalue weighted by atomic mass is 10.1. The van der Waals surface area contributed by atoms with Gasteiger partial charge in [0.15, 0.2) is 0 Å². The highest BCUT2D eigenvalue weighted by molar-refractivity contribution is 7.92. The molecule has 8 nitrogen and oxygen atoms in total. The number of nitro groups is 1. The van der Waals surface area contributed by atoms with E-state index < -0.39 is 26.7 Å². The van der Waals surface area contributed by atoms with E-state index in [0.717, 1.165) is 10.6 Å². The highest BCUT2D eigenvalue weighted by Crippen LogP contribution is 2.23. The van der Waals surface area contributed by atoms with Crippen LogP contribution in [0.3, 0.4) is 0 Å². The first-order valence-electron chi connectivity index (χ1n) is 9.02. The van der Waals surface area contributed by atoms with Gasteiger partial charge in [0.2, 0.25) is 10.0 Å². The van der Waals surface area contributed by atoms with Crippen LogP contribution in [0, 0.1) is 15.9 Å². The summed E-state index contributed by atoms with van der Waals surface area (Å²) < 4.78 is 39.6. The fourth-order valence-electron chi connectivity index (χ4n) is 2.86. The molecule has 3 aromatic rings. The second-order valence-electron chi connectivity index (χ2n) is 6.67. The Hall–Kier alpha value is -3.79. The van der Waals surface area contributed by atoms with Crippen LogP contribution in [0.5, 0.6) is 0 Å². The largest absolute Gasteiger partial charge is 0.322 e. The van der Waals surface area contributed by atoms with Crippen molar-refractivity contribution in [2.45, 2.75) is 6.54 Å². The minimum absolute atomic E-state index is 0.162. The fraction of sp³-hybridized carbons (Fsp3) is 0.0952. The lowest BCUT2D eigenvalue weighted by molar-refractivity contribution is -0.384. The molecule has 0 saturated heterocycles. The van der Waals surface area contributed by atoms with E-state index in [2.05, 4.69) is 5.32 Å². The monoisotopic (exact) mass is 443 g/mol. The Morgan fingerprint density at radius 1 is 1.06 bits per heavy atom. The van der Waals surface area contributed by atoms with Crippen molar-refractivity contribution >= 4 is 33.0 Å². The molecule has 160 valence electrons. The molecule has 0 unspecified atom stereocenters. The van der Waals surface area contributed by atoms with Crippen molar-refractivity contribution in [3.63, 3.8) is 0 Å². The lowest BCUT2D eigenvalue weighted by Gasteiger charge is -2.23. The molecule has 0 aromatic heterocycles. The highest BCUT2D eigenvalue weighted by Gasteiger charge is 2.20. The molecular weight excluding hydrogens is 425 g/mol. The van der Waals surface area contributed by atoms with Crippen LogP contribution in [0.25, 0.3) is 0 Å². The van der Waals surface area contributed by atoms with Gasteiger partial charge in [-0.3, -0.25) is 19.2 Å². The summed E-state index contributed by atoms with van der Waals surface area (Å²) in [5.74, 6) is -1.05. The number of carbonyl (C=O) groups excluding carboxylic acids is 1. The molecule has 1 amide bonds. The Balaban J connectivity index is 1.81. The van der Waals surface area contributed by atoms with Gasteiger partial charge in [-0.2, -0.15) is 0 Å². The van der Waals surface area contributed by atoms with Gasteiger partial charge in [-0.25, -0.2) is 12.8 Å². The maximum atomic E-state index is 14.0. The SMILES string of the molecule is CS(=O)(=O)N(Cc1ccccc1F)c1ccc(C(=O)Nc2cccc([N+](=O)[O-])c2)cc1. The summed E-state index contributed by atoms with van der Waals surface area (Å²) in [4.78, 5) is 22.7. The predicted molar refractivity (Wildman–Crippen MR) is 115 cm³/mol. The molecule has 31 heavy (non-hydrogen) atoms. The van der Waals surface area contributed by atoms with Crippen molar-refractivity contribution in [3.05, 3.63) is 99.9 Å². The number of amides is 1. The molecule has 0 aliphatic heterocycles. The summed E-state index contributed by atoms with van der Waals surface area (Å²) in [6.45, 7) is -0.204. The maximum Gasteiger partial charge on any atom is 0.271 e. The molecule has 0 saturated carbocycles. The first-order valence-corrected chi connectivity index (χ1v) is 10.9. The summed E-state index contributed by atoms with van der Waals surface area (Å²) in [5.41, 5.74) is 0.776. The van der Waals surface area contributed by atoms with E-state index in [-0.39, 0.29) is 34.7 Å². The molecule has 0 aliphatic carbocycles. The molecule has 0 heterocycles.